The summed E-state index contributed by atoms with van der Waals surface area (Å²) in [6.45, 7) is 5.19. The van der Waals surface area contributed by atoms with Gasteiger partial charge in [0.25, 0.3) is 0 Å². The minimum Gasteiger partial charge on any atom is -0.304 e. The van der Waals surface area contributed by atoms with Gasteiger partial charge in [-0.15, -0.1) is 5.10 Å². The summed E-state index contributed by atoms with van der Waals surface area (Å²) in [6.07, 6.45) is 4.17. The SMILES string of the molecule is CC(=O)NC1=NN(C(C)=O)[C@@]2(CCC[C@@H](C)C2)S1. The van der Waals surface area contributed by atoms with Gasteiger partial charge in [-0.3, -0.25) is 9.59 Å². The summed E-state index contributed by atoms with van der Waals surface area (Å²) in [5.41, 5.74) is 0. The molecule has 1 fully saturated rings. The van der Waals surface area contributed by atoms with Gasteiger partial charge in [0.2, 0.25) is 11.8 Å². The van der Waals surface area contributed by atoms with Crippen molar-refractivity contribution < 1.29 is 9.59 Å². The van der Waals surface area contributed by atoms with E-state index < -0.39 is 0 Å². The summed E-state index contributed by atoms with van der Waals surface area (Å²) in [7, 11) is 0. The Morgan fingerprint density at radius 3 is 2.78 bits per heavy atom. The fourth-order valence-electron chi connectivity index (χ4n) is 2.74. The number of thioether (sulfide) groups is 1. The molecule has 1 saturated carbocycles. The number of hydrogen-bond donors (Lipinski definition) is 1. The summed E-state index contributed by atoms with van der Waals surface area (Å²) >= 11 is 1.53. The lowest BCUT2D eigenvalue weighted by Crippen LogP contribution is -2.45. The quantitative estimate of drug-likeness (QED) is 0.730. The Kier molecular flexibility index (Phi) is 3.66. The second-order valence-corrected chi connectivity index (χ2v) is 6.52. The average Bonchev–Trinajstić information content (AvgIpc) is 2.55. The first-order valence-electron chi connectivity index (χ1n) is 6.29. The van der Waals surface area contributed by atoms with Crippen LogP contribution in [-0.4, -0.2) is 26.9 Å². The first-order valence-corrected chi connectivity index (χ1v) is 7.10. The van der Waals surface area contributed by atoms with Crippen molar-refractivity contribution in [1.29, 1.82) is 0 Å². The zero-order valence-electron chi connectivity index (χ0n) is 11.0. The molecule has 1 N–H and O–H groups in total. The van der Waals surface area contributed by atoms with Crippen LogP contribution in [0.1, 0.15) is 46.5 Å². The lowest BCUT2D eigenvalue weighted by Gasteiger charge is -2.40. The van der Waals surface area contributed by atoms with Gasteiger partial charge < -0.3 is 5.32 Å². The van der Waals surface area contributed by atoms with Crippen molar-refractivity contribution in [3.63, 3.8) is 0 Å². The minimum atomic E-state index is -0.277. The maximum Gasteiger partial charge on any atom is 0.240 e. The van der Waals surface area contributed by atoms with Crippen LogP contribution in [0.3, 0.4) is 0 Å². The third-order valence-corrected chi connectivity index (χ3v) is 4.68. The Hall–Kier alpha value is -1.04. The van der Waals surface area contributed by atoms with E-state index in [0.29, 0.717) is 11.1 Å². The highest BCUT2D eigenvalue weighted by Gasteiger charge is 2.48. The van der Waals surface area contributed by atoms with Crippen LogP contribution in [0.5, 0.6) is 0 Å². The van der Waals surface area contributed by atoms with Crippen LogP contribution in [0.25, 0.3) is 0 Å². The maximum atomic E-state index is 11.8. The van der Waals surface area contributed by atoms with E-state index in [1.54, 1.807) is 5.01 Å². The summed E-state index contributed by atoms with van der Waals surface area (Å²) in [4.78, 5) is 22.6. The molecule has 6 heteroatoms. The number of nitrogens with zero attached hydrogens (tertiary/aromatic N) is 2. The van der Waals surface area contributed by atoms with E-state index in [0.717, 1.165) is 19.3 Å². The third kappa shape index (κ3) is 2.53. The number of amidine groups is 1. The molecule has 0 unspecified atom stereocenters. The highest BCUT2D eigenvalue weighted by Crippen LogP contribution is 2.48. The Balaban J connectivity index is 2.21. The molecule has 2 amide bonds. The number of carbonyl (C=O) groups excluding carboxylic acids is 2. The van der Waals surface area contributed by atoms with Gasteiger partial charge in [0, 0.05) is 13.8 Å². The van der Waals surface area contributed by atoms with Crippen molar-refractivity contribution in [3.05, 3.63) is 0 Å². The lowest BCUT2D eigenvalue weighted by atomic mass is 9.86. The van der Waals surface area contributed by atoms with Crippen LogP contribution >= 0.6 is 11.8 Å². The van der Waals surface area contributed by atoms with E-state index in [1.165, 1.54) is 32.0 Å². The van der Waals surface area contributed by atoms with Crippen LogP contribution in [0, 0.1) is 5.92 Å². The molecule has 1 heterocycles. The highest BCUT2D eigenvalue weighted by atomic mass is 32.2. The highest BCUT2D eigenvalue weighted by molar-refractivity contribution is 8.15. The predicted molar refractivity (Wildman–Crippen MR) is 71.7 cm³/mol. The van der Waals surface area contributed by atoms with Crippen molar-refractivity contribution in [2.75, 3.05) is 0 Å². The fourth-order valence-corrected chi connectivity index (χ4v) is 4.29. The van der Waals surface area contributed by atoms with E-state index in [4.69, 9.17) is 0 Å². The average molecular weight is 269 g/mol. The van der Waals surface area contributed by atoms with Gasteiger partial charge in [-0.05, 0) is 25.2 Å². The molecule has 2 aliphatic rings. The predicted octanol–water partition coefficient (Wildman–Crippen LogP) is 1.90. The molecule has 2 rings (SSSR count). The standard InChI is InChI=1S/C12H19N3O2S/c1-8-5-4-6-12(7-8)15(10(3)17)14-11(18-12)13-9(2)16/h8H,4-7H2,1-3H3,(H,13,14,16)/t8-,12+/m1/s1. The number of nitrogens with one attached hydrogen (secondary N) is 1. The molecule has 0 aromatic carbocycles. The first kappa shape index (κ1) is 13.4. The topological polar surface area (TPSA) is 61.8 Å². The number of hydrazone groups is 1. The summed E-state index contributed by atoms with van der Waals surface area (Å²) in [5.74, 6) is 0.377. The molecule has 100 valence electrons. The van der Waals surface area contributed by atoms with E-state index in [1.807, 2.05) is 0 Å². The van der Waals surface area contributed by atoms with Crippen molar-refractivity contribution in [2.45, 2.75) is 51.3 Å². The normalized spacial score (nSPS) is 31.4. The van der Waals surface area contributed by atoms with Gasteiger partial charge in [-0.25, -0.2) is 5.01 Å². The van der Waals surface area contributed by atoms with E-state index in [2.05, 4.69) is 17.3 Å². The maximum absolute atomic E-state index is 11.8. The molecule has 18 heavy (non-hydrogen) atoms. The second kappa shape index (κ2) is 4.91. The van der Waals surface area contributed by atoms with Crippen LogP contribution in [0.15, 0.2) is 5.10 Å². The number of hydrogen-bond acceptors (Lipinski definition) is 4. The lowest BCUT2D eigenvalue weighted by molar-refractivity contribution is -0.133. The molecule has 1 aliphatic carbocycles. The molecule has 0 aromatic heterocycles. The molecule has 1 aliphatic heterocycles. The molecular weight excluding hydrogens is 250 g/mol. The smallest absolute Gasteiger partial charge is 0.240 e. The van der Waals surface area contributed by atoms with Crippen LogP contribution in [-0.2, 0) is 9.59 Å². The molecule has 0 aromatic rings. The van der Waals surface area contributed by atoms with E-state index in [-0.39, 0.29) is 16.7 Å². The van der Waals surface area contributed by atoms with E-state index >= 15 is 0 Å². The molecule has 0 radical (unpaired) electrons. The van der Waals surface area contributed by atoms with Gasteiger partial charge >= 0.3 is 0 Å². The molecule has 2 atom stereocenters. The number of carbonyl (C=O) groups is 2. The molecule has 0 bridgehead atoms. The Bertz CT molecular complexity index is 410. The van der Waals surface area contributed by atoms with Crippen LogP contribution < -0.4 is 5.32 Å². The second-order valence-electron chi connectivity index (χ2n) is 5.17. The molecule has 5 nitrogen and oxygen atoms in total. The van der Waals surface area contributed by atoms with Gasteiger partial charge in [-0.2, -0.15) is 0 Å². The number of amides is 2. The third-order valence-electron chi connectivity index (χ3n) is 3.38. The monoisotopic (exact) mass is 269 g/mol. The summed E-state index contributed by atoms with van der Waals surface area (Å²) < 4.78 is 0. The summed E-state index contributed by atoms with van der Waals surface area (Å²) in [5, 5.41) is 9.08. The Morgan fingerprint density at radius 1 is 1.50 bits per heavy atom. The summed E-state index contributed by atoms with van der Waals surface area (Å²) in [6, 6.07) is 0. The van der Waals surface area contributed by atoms with Crippen molar-refractivity contribution >= 4 is 28.7 Å². The fraction of sp³-hybridized carbons (Fsp3) is 0.750. The Morgan fingerprint density at radius 2 is 2.22 bits per heavy atom. The molecule has 1 spiro atoms. The van der Waals surface area contributed by atoms with Crippen molar-refractivity contribution in [2.24, 2.45) is 11.0 Å². The Labute approximate surface area is 111 Å². The molecular formula is C12H19N3O2S. The largest absolute Gasteiger partial charge is 0.304 e. The van der Waals surface area contributed by atoms with Crippen LogP contribution in [0.2, 0.25) is 0 Å². The first-order chi connectivity index (χ1) is 8.43. The zero-order valence-corrected chi connectivity index (χ0v) is 11.8. The van der Waals surface area contributed by atoms with E-state index in [9.17, 15) is 9.59 Å². The van der Waals surface area contributed by atoms with Crippen molar-refractivity contribution in [1.82, 2.24) is 10.3 Å². The van der Waals surface area contributed by atoms with Gasteiger partial charge in [0.1, 0.15) is 4.87 Å². The van der Waals surface area contributed by atoms with Gasteiger partial charge in [0.05, 0.1) is 0 Å². The van der Waals surface area contributed by atoms with Crippen molar-refractivity contribution in [3.8, 4) is 0 Å². The van der Waals surface area contributed by atoms with Gasteiger partial charge in [0.15, 0.2) is 5.17 Å². The number of rotatable bonds is 0. The van der Waals surface area contributed by atoms with Gasteiger partial charge in [-0.1, -0.05) is 25.1 Å². The zero-order chi connectivity index (χ0) is 13.3. The van der Waals surface area contributed by atoms with Crippen LogP contribution in [0.4, 0.5) is 0 Å². The molecule has 0 saturated heterocycles. The minimum absolute atomic E-state index is 0.0584.